The SMILES string of the molecule is Cc1ccc(NC(=O)CN2CCN(c3cccc(C)c3C)CC2)cc1S(=O)(=O)N(C)C. The summed E-state index contributed by atoms with van der Waals surface area (Å²) in [5.41, 5.74) is 4.99. The Balaban J connectivity index is 1.59. The molecular formula is C23H32N4O3S. The second-order valence-electron chi connectivity index (χ2n) is 8.30. The summed E-state index contributed by atoms with van der Waals surface area (Å²) in [5, 5.41) is 2.85. The topological polar surface area (TPSA) is 73.0 Å². The van der Waals surface area contributed by atoms with Gasteiger partial charge in [0, 0.05) is 51.6 Å². The highest BCUT2D eigenvalue weighted by atomic mass is 32.2. The first-order valence-corrected chi connectivity index (χ1v) is 11.9. The van der Waals surface area contributed by atoms with Crippen molar-refractivity contribution in [3.63, 3.8) is 0 Å². The molecule has 0 aromatic heterocycles. The smallest absolute Gasteiger partial charge is 0.242 e. The van der Waals surface area contributed by atoms with Crippen LogP contribution in [0.2, 0.25) is 0 Å². The second kappa shape index (κ2) is 9.38. The van der Waals surface area contributed by atoms with E-state index in [1.165, 1.54) is 41.3 Å². The van der Waals surface area contributed by atoms with Crippen LogP contribution >= 0.6 is 0 Å². The molecule has 2 aromatic rings. The van der Waals surface area contributed by atoms with Crippen molar-refractivity contribution in [3.8, 4) is 0 Å². The Hall–Kier alpha value is -2.42. The van der Waals surface area contributed by atoms with Crippen LogP contribution in [0, 0.1) is 20.8 Å². The monoisotopic (exact) mass is 444 g/mol. The minimum atomic E-state index is -3.57. The zero-order valence-corrected chi connectivity index (χ0v) is 19.8. The van der Waals surface area contributed by atoms with Crippen LogP contribution in [0.15, 0.2) is 41.3 Å². The van der Waals surface area contributed by atoms with Crippen molar-refractivity contribution < 1.29 is 13.2 Å². The lowest BCUT2D eigenvalue weighted by molar-refractivity contribution is -0.117. The molecule has 1 N–H and O–H groups in total. The number of piperazine rings is 1. The predicted octanol–water partition coefficient (Wildman–Crippen LogP) is 2.62. The van der Waals surface area contributed by atoms with E-state index in [2.05, 4.69) is 47.2 Å². The summed E-state index contributed by atoms with van der Waals surface area (Å²) in [7, 11) is -0.570. The molecule has 1 heterocycles. The molecule has 0 saturated carbocycles. The summed E-state index contributed by atoms with van der Waals surface area (Å²) >= 11 is 0. The number of benzene rings is 2. The molecule has 7 nitrogen and oxygen atoms in total. The van der Waals surface area contributed by atoms with Gasteiger partial charge in [-0.3, -0.25) is 9.69 Å². The molecule has 0 unspecified atom stereocenters. The fourth-order valence-corrected chi connectivity index (χ4v) is 4.93. The highest BCUT2D eigenvalue weighted by Crippen LogP contribution is 2.24. The van der Waals surface area contributed by atoms with Crippen LogP contribution in [0.25, 0.3) is 0 Å². The largest absolute Gasteiger partial charge is 0.369 e. The molecule has 0 aliphatic carbocycles. The van der Waals surface area contributed by atoms with Crippen molar-refractivity contribution in [3.05, 3.63) is 53.1 Å². The molecule has 0 spiro atoms. The van der Waals surface area contributed by atoms with Gasteiger partial charge < -0.3 is 10.2 Å². The molecule has 1 amide bonds. The Morgan fingerprint density at radius 2 is 1.68 bits per heavy atom. The van der Waals surface area contributed by atoms with Gasteiger partial charge in [0.2, 0.25) is 15.9 Å². The van der Waals surface area contributed by atoms with Gasteiger partial charge in [-0.15, -0.1) is 0 Å². The fourth-order valence-electron chi connectivity index (χ4n) is 3.78. The maximum atomic E-state index is 12.6. The lowest BCUT2D eigenvalue weighted by Crippen LogP contribution is -2.48. The lowest BCUT2D eigenvalue weighted by Gasteiger charge is -2.36. The number of carbonyl (C=O) groups excluding carboxylic acids is 1. The van der Waals surface area contributed by atoms with E-state index < -0.39 is 10.0 Å². The summed E-state index contributed by atoms with van der Waals surface area (Å²) in [6.07, 6.45) is 0. The van der Waals surface area contributed by atoms with E-state index in [-0.39, 0.29) is 17.3 Å². The van der Waals surface area contributed by atoms with Crippen LogP contribution in [-0.4, -0.2) is 70.3 Å². The molecular weight excluding hydrogens is 412 g/mol. The molecule has 1 fully saturated rings. The summed E-state index contributed by atoms with van der Waals surface area (Å²) in [5.74, 6) is -0.141. The molecule has 0 atom stereocenters. The normalized spacial score (nSPS) is 15.4. The average molecular weight is 445 g/mol. The van der Waals surface area contributed by atoms with E-state index in [9.17, 15) is 13.2 Å². The number of anilines is 2. The minimum absolute atomic E-state index is 0.141. The number of sulfonamides is 1. The van der Waals surface area contributed by atoms with Crippen molar-refractivity contribution in [2.75, 3.05) is 57.0 Å². The maximum absolute atomic E-state index is 12.6. The van der Waals surface area contributed by atoms with Crippen LogP contribution < -0.4 is 10.2 Å². The first-order valence-electron chi connectivity index (χ1n) is 10.5. The zero-order valence-electron chi connectivity index (χ0n) is 19.0. The van der Waals surface area contributed by atoms with Gasteiger partial charge in [0.15, 0.2) is 0 Å². The molecule has 3 rings (SSSR count). The summed E-state index contributed by atoms with van der Waals surface area (Å²) in [6.45, 7) is 9.64. The molecule has 31 heavy (non-hydrogen) atoms. The second-order valence-corrected chi connectivity index (χ2v) is 10.4. The zero-order chi connectivity index (χ0) is 22.8. The van der Waals surface area contributed by atoms with Gasteiger partial charge >= 0.3 is 0 Å². The van der Waals surface area contributed by atoms with Crippen LogP contribution in [0.4, 0.5) is 11.4 Å². The lowest BCUT2D eigenvalue weighted by atomic mass is 10.1. The third-order valence-corrected chi connectivity index (χ3v) is 7.84. The van der Waals surface area contributed by atoms with Crippen molar-refractivity contribution in [2.24, 2.45) is 0 Å². The molecule has 1 saturated heterocycles. The van der Waals surface area contributed by atoms with Gasteiger partial charge in [-0.05, 0) is 55.7 Å². The molecule has 1 aliphatic rings. The van der Waals surface area contributed by atoms with Crippen LogP contribution in [0.5, 0.6) is 0 Å². The summed E-state index contributed by atoms with van der Waals surface area (Å²) in [4.78, 5) is 17.3. The van der Waals surface area contributed by atoms with E-state index in [0.717, 1.165) is 26.2 Å². The highest BCUT2D eigenvalue weighted by Gasteiger charge is 2.22. The van der Waals surface area contributed by atoms with E-state index in [1.54, 1.807) is 19.1 Å². The first-order chi connectivity index (χ1) is 14.6. The quantitative estimate of drug-likeness (QED) is 0.742. The average Bonchev–Trinajstić information content (AvgIpc) is 2.72. The van der Waals surface area contributed by atoms with Crippen LogP contribution in [0.1, 0.15) is 16.7 Å². The van der Waals surface area contributed by atoms with Gasteiger partial charge in [0.05, 0.1) is 11.4 Å². The van der Waals surface area contributed by atoms with Crippen LogP contribution in [-0.2, 0) is 14.8 Å². The number of nitrogens with one attached hydrogen (secondary N) is 1. The third kappa shape index (κ3) is 5.26. The Kier molecular flexibility index (Phi) is 7.03. The number of hydrogen-bond donors (Lipinski definition) is 1. The maximum Gasteiger partial charge on any atom is 0.242 e. The highest BCUT2D eigenvalue weighted by molar-refractivity contribution is 7.89. The summed E-state index contributed by atoms with van der Waals surface area (Å²) in [6, 6.07) is 11.3. The Morgan fingerprint density at radius 3 is 2.32 bits per heavy atom. The van der Waals surface area contributed by atoms with E-state index in [0.29, 0.717) is 11.3 Å². The predicted molar refractivity (Wildman–Crippen MR) is 125 cm³/mol. The molecule has 1 aliphatic heterocycles. The van der Waals surface area contributed by atoms with Crippen molar-refractivity contribution in [1.29, 1.82) is 0 Å². The van der Waals surface area contributed by atoms with Crippen molar-refractivity contribution in [1.82, 2.24) is 9.21 Å². The minimum Gasteiger partial charge on any atom is -0.369 e. The number of hydrogen-bond acceptors (Lipinski definition) is 5. The molecule has 2 aromatic carbocycles. The molecule has 0 bridgehead atoms. The Labute approximate surface area is 185 Å². The van der Waals surface area contributed by atoms with Crippen LogP contribution in [0.3, 0.4) is 0 Å². The van der Waals surface area contributed by atoms with Gasteiger partial charge in [0.25, 0.3) is 0 Å². The first kappa shape index (κ1) is 23.2. The molecule has 168 valence electrons. The molecule has 8 heteroatoms. The van der Waals surface area contributed by atoms with E-state index in [4.69, 9.17) is 0 Å². The number of aryl methyl sites for hydroxylation is 2. The van der Waals surface area contributed by atoms with Crippen molar-refractivity contribution >= 4 is 27.3 Å². The Morgan fingerprint density at radius 1 is 1.00 bits per heavy atom. The van der Waals surface area contributed by atoms with Gasteiger partial charge in [0.1, 0.15) is 0 Å². The van der Waals surface area contributed by atoms with Gasteiger partial charge in [-0.25, -0.2) is 12.7 Å². The van der Waals surface area contributed by atoms with Crippen molar-refractivity contribution in [2.45, 2.75) is 25.7 Å². The number of rotatable bonds is 6. The van der Waals surface area contributed by atoms with E-state index in [1.807, 2.05) is 0 Å². The van der Waals surface area contributed by atoms with Gasteiger partial charge in [-0.1, -0.05) is 18.2 Å². The molecule has 0 radical (unpaired) electrons. The summed E-state index contributed by atoms with van der Waals surface area (Å²) < 4.78 is 26.2. The fraction of sp³-hybridized carbons (Fsp3) is 0.435. The number of carbonyl (C=O) groups is 1. The van der Waals surface area contributed by atoms with E-state index >= 15 is 0 Å². The standard InChI is InChI=1S/C23H32N4O3S/c1-17-7-6-8-21(19(17)3)27-13-11-26(12-14-27)16-23(28)24-20-10-9-18(2)22(15-20)31(29,30)25(4)5/h6-10,15H,11-14,16H2,1-5H3,(H,24,28). The van der Waals surface area contributed by atoms with Gasteiger partial charge in [-0.2, -0.15) is 0 Å². The Bertz CT molecular complexity index is 1060. The number of nitrogens with zero attached hydrogens (tertiary/aromatic N) is 3. The number of amides is 1. The third-order valence-electron chi connectivity index (χ3n) is 5.89.